The largest absolute Gasteiger partial charge is 0.284 e. The number of hydrogen-bond acceptors (Lipinski definition) is 2. The molecule has 27 heavy (non-hydrogen) atoms. The summed E-state index contributed by atoms with van der Waals surface area (Å²) in [4.78, 5) is 17.3. The third kappa shape index (κ3) is 3.10. The lowest BCUT2D eigenvalue weighted by Gasteiger charge is -2.11. The van der Waals surface area contributed by atoms with Crippen molar-refractivity contribution in [3.05, 3.63) is 94.3 Å². The average molecular weight is 366 g/mol. The molecule has 0 aliphatic rings. The van der Waals surface area contributed by atoms with Crippen LogP contribution in [0.1, 0.15) is 5.69 Å². The molecule has 4 aromatic rings. The van der Waals surface area contributed by atoms with Crippen LogP contribution in [0, 0.1) is 24.4 Å². The van der Waals surface area contributed by atoms with Gasteiger partial charge in [0.15, 0.2) is 0 Å². The van der Waals surface area contributed by atoms with Crippen molar-refractivity contribution in [3.8, 4) is 16.9 Å². The van der Waals surface area contributed by atoms with Gasteiger partial charge in [-0.25, -0.2) is 13.2 Å². The topological polar surface area (TPSA) is 34.9 Å². The number of halogens is 3. The molecule has 0 spiro atoms. The molecule has 0 N–H and O–H groups in total. The summed E-state index contributed by atoms with van der Waals surface area (Å²) < 4.78 is 41.3. The van der Waals surface area contributed by atoms with Gasteiger partial charge in [0.1, 0.15) is 17.5 Å². The highest BCUT2D eigenvalue weighted by Gasteiger charge is 2.12. The molecule has 0 aliphatic heterocycles. The Balaban J connectivity index is 1.91. The number of benzene rings is 2. The fourth-order valence-corrected chi connectivity index (χ4v) is 3.10. The van der Waals surface area contributed by atoms with Crippen molar-refractivity contribution in [3.63, 3.8) is 0 Å². The van der Waals surface area contributed by atoms with Crippen molar-refractivity contribution in [1.29, 1.82) is 0 Å². The van der Waals surface area contributed by atoms with Gasteiger partial charge >= 0.3 is 0 Å². The molecule has 0 radical (unpaired) electrons. The Morgan fingerprint density at radius 2 is 1.52 bits per heavy atom. The van der Waals surface area contributed by atoms with Gasteiger partial charge in [0.05, 0.1) is 22.5 Å². The van der Waals surface area contributed by atoms with E-state index in [0.717, 1.165) is 23.8 Å². The molecule has 4 rings (SSSR count). The molecule has 134 valence electrons. The van der Waals surface area contributed by atoms with E-state index in [9.17, 15) is 18.0 Å². The normalized spacial score (nSPS) is 11.1. The highest BCUT2D eigenvalue weighted by Crippen LogP contribution is 2.24. The first-order valence-electron chi connectivity index (χ1n) is 8.18. The molecule has 0 bridgehead atoms. The highest BCUT2D eigenvalue weighted by molar-refractivity contribution is 5.87. The number of fused-ring (bicyclic) bond motifs is 1. The number of nitrogens with zero attached hydrogens (tertiary/aromatic N) is 2. The van der Waals surface area contributed by atoms with E-state index >= 15 is 0 Å². The Morgan fingerprint density at radius 3 is 2.19 bits per heavy atom. The van der Waals surface area contributed by atoms with Gasteiger partial charge in [-0.15, -0.1) is 0 Å². The van der Waals surface area contributed by atoms with Crippen molar-refractivity contribution in [2.75, 3.05) is 0 Å². The first-order valence-corrected chi connectivity index (χ1v) is 8.18. The lowest BCUT2D eigenvalue weighted by atomic mass is 10.1. The molecule has 2 aromatic heterocycles. The fourth-order valence-electron chi connectivity index (χ4n) is 3.10. The first-order chi connectivity index (χ1) is 12.9. The van der Waals surface area contributed by atoms with Gasteiger partial charge in [0.2, 0.25) is 0 Å². The molecule has 0 amide bonds. The summed E-state index contributed by atoms with van der Waals surface area (Å²) in [6, 6.07) is 12.2. The van der Waals surface area contributed by atoms with Crippen LogP contribution in [0.5, 0.6) is 0 Å². The Kier molecular flexibility index (Phi) is 4.03. The van der Waals surface area contributed by atoms with Gasteiger partial charge in [0.25, 0.3) is 5.56 Å². The minimum absolute atomic E-state index is 0.0985. The van der Waals surface area contributed by atoms with Gasteiger partial charge in [-0.1, -0.05) is 0 Å². The van der Waals surface area contributed by atoms with Crippen LogP contribution >= 0.6 is 0 Å². The van der Waals surface area contributed by atoms with E-state index in [1.54, 1.807) is 31.2 Å². The molecule has 2 heterocycles. The predicted octanol–water partition coefficient (Wildman–Crippen LogP) is 4.78. The Hall–Kier alpha value is -3.41. The number of rotatable bonds is 2. The van der Waals surface area contributed by atoms with Crippen LogP contribution in [-0.2, 0) is 0 Å². The Morgan fingerprint density at radius 1 is 0.852 bits per heavy atom. The monoisotopic (exact) mass is 366 g/mol. The highest BCUT2D eigenvalue weighted by atomic mass is 19.1. The van der Waals surface area contributed by atoms with Gasteiger partial charge in [-0.3, -0.25) is 14.3 Å². The molecule has 0 saturated carbocycles. The number of aryl methyl sites for hydroxylation is 1. The van der Waals surface area contributed by atoms with Crippen molar-refractivity contribution >= 4 is 10.8 Å². The number of aromatic nitrogens is 2. The summed E-state index contributed by atoms with van der Waals surface area (Å²) in [5.74, 6) is -1.88. The maximum Gasteiger partial charge on any atom is 0.264 e. The molecular weight excluding hydrogens is 353 g/mol. The third-order valence-electron chi connectivity index (χ3n) is 4.33. The van der Waals surface area contributed by atoms with E-state index in [1.807, 2.05) is 0 Å². The molecule has 2 aromatic carbocycles. The Labute approximate surface area is 152 Å². The summed E-state index contributed by atoms with van der Waals surface area (Å²) in [7, 11) is 0. The maximum atomic E-state index is 13.5. The van der Waals surface area contributed by atoms with E-state index in [-0.39, 0.29) is 11.5 Å². The van der Waals surface area contributed by atoms with Crippen LogP contribution in [0.25, 0.3) is 27.7 Å². The van der Waals surface area contributed by atoms with Gasteiger partial charge in [0, 0.05) is 17.8 Å². The molecule has 0 aliphatic carbocycles. The predicted molar refractivity (Wildman–Crippen MR) is 97.4 cm³/mol. The molecule has 0 unspecified atom stereocenters. The van der Waals surface area contributed by atoms with Gasteiger partial charge < -0.3 is 0 Å². The van der Waals surface area contributed by atoms with Crippen LogP contribution in [0.2, 0.25) is 0 Å². The lowest BCUT2D eigenvalue weighted by Crippen LogP contribution is -2.19. The summed E-state index contributed by atoms with van der Waals surface area (Å²) >= 11 is 0. The minimum Gasteiger partial charge on any atom is -0.284 e. The average Bonchev–Trinajstić information content (AvgIpc) is 2.61. The van der Waals surface area contributed by atoms with E-state index < -0.39 is 17.2 Å². The zero-order valence-electron chi connectivity index (χ0n) is 14.2. The van der Waals surface area contributed by atoms with Crippen molar-refractivity contribution in [2.45, 2.75) is 6.92 Å². The summed E-state index contributed by atoms with van der Waals surface area (Å²) in [5, 5.41) is 0.994. The SMILES string of the molecule is Cc1nc(-c2ccc(F)cc2)cc2ccn(-c3cc(F)cc(F)c3)c(=O)c12. The first kappa shape index (κ1) is 17.0. The summed E-state index contributed by atoms with van der Waals surface area (Å²) in [5.41, 5.74) is 1.48. The third-order valence-corrected chi connectivity index (χ3v) is 4.33. The van der Waals surface area contributed by atoms with E-state index in [1.165, 1.54) is 22.9 Å². The van der Waals surface area contributed by atoms with Crippen molar-refractivity contribution in [2.24, 2.45) is 0 Å². The molecular formula is C21H13F3N2O. The fraction of sp³-hybridized carbons (Fsp3) is 0.0476. The minimum atomic E-state index is -0.765. The smallest absolute Gasteiger partial charge is 0.264 e. The molecule has 0 fully saturated rings. The van der Waals surface area contributed by atoms with Crippen LogP contribution in [-0.4, -0.2) is 9.55 Å². The second-order valence-corrected chi connectivity index (χ2v) is 6.18. The summed E-state index contributed by atoms with van der Waals surface area (Å²) in [6.45, 7) is 1.69. The quantitative estimate of drug-likeness (QED) is 0.512. The standard InChI is InChI=1S/C21H13F3N2O/c1-12-20-14(8-19(25-12)13-2-4-15(22)5-3-13)6-7-26(21(20)27)18-10-16(23)9-17(24)11-18/h2-11H,1H3. The molecule has 3 nitrogen and oxygen atoms in total. The lowest BCUT2D eigenvalue weighted by molar-refractivity contribution is 0.581. The van der Waals surface area contributed by atoms with Gasteiger partial charge in [-0.2, -0.15) is 0 Å². The van der Waals surface area contributed by atoms with Crippen molar-refractivity contribution < 1.29 is 13.2 Å². The molecule has 0 saturated heterocycles. The van der Waals surface area contributed by atoms with Crippen LogP contribution in [0.15, 0.2) is 65.6 Å². The maximum absolute atomic E-state index is 13.5. The molecule has 0 atom stereocenters. The zero-order chi connectivity index (χ0) is 19.1. The molecule has 6 heteroatoms. The van der Waals surface area contributed by atoms with Crippen LogP contribution in [0.3, 0.4) is 0 Å². The van der Waals surface area contributed by atoms with Gasteiger partial charge in [-0.05, 0) is 60.8 Å². The second kappa shape index (κ2) is 6.39. The van der Waals surface area contributed by atoms with Crippen LogP contribution < -0.4 is 5.56 Å². The zero-order valence-corrected chi connectivity index (χ0v) is 14.2. The van der Waals surface area contributed by atoms with E-state index in [0.29, 0.717) is 22.2 Å². The Bertz CT molecular complexity index is 1210. The van der Waals surface area contributed by atoms with Crippen LogP contribution in [0.4, 0.5) is 13.2 Å². The second-order valence-electron chi connectivity index (χ2n) is 6.18. The van der Waals surface area contributed by atoms with E-state index in [4.69, 9.17) is 0 Å². The number of hydrogen-bond donors (Lipinski definition) is 0. The summed E-state index contributed by atoms with van der Waals surface area (Å²) in [6.07, 6.45) is 1.47. The van der Waals surface area contributed by atoms with E-state index in [2.05, 4.69) is 4.98 Å². The number of pyridine rings is 2. The van der Waals surface area contributed by atoms with Crippen molar-refractivity contribution in [1.82, 2.24) is 9.55 Å².